The predicted molar refractivity (Wildman–Crippen MR) is 66.9 cm³/mol. The summed E-state index contributed by atoms with van der Waals surface area (Å²) in [7, 11) is 0. The van der Waals surface area contributed by atoms with Gasteiger partial charge in [0, 0.05) is 11.3 Å². The Labute approximate surface area is 94.2 Å². The zero-order chi connectivity index (χ0) is 10.2. The van der Waals surface area contributed by atoms with Crippen LogP contribution in [0, 0.1) is 0 Å². The molecule has 0 radical (unpaired) electrons. The SMILES string of the molecule is NC1CCCCCCCCCC(S)C1. The highest BCUT2D eigenvalue weighted by Gasteiger charge is 2.10. The maximum atomic E-state index is 6.06. The molecule has 2 heteroatoms. The Morgan fingerprint density at radius 2 is 1.29 bits per heavy atom. The van der Waals surface area contributed by atoms with Crippen LogP contribution in [0.25, 0.3) is 0 Å². The van der Waals surface area contributed by atoms with Gasteiger partial charge in [-0.05, 0) is 19.3 Å². The van der Waals surface area contributed by atoms with E-state index in [1.165, 1.54) is 57.8 Å². The van der Waals surface area contributed by atoms with Crippen molar-refractivity contribution in [3.8, 4) is 0 Å². The van der Waals surface area contributed by atoms with E-state index in [1.54, 1.807) is 0 Å². The largest absolute Gasteiger partial charge is 0.328 e. The number of thiol groups is 1. The normalized spacial score (nSPS) is 33.0. The number of rotatable bonds is 0. The van der Waals surface area contributed by atoms with Crippen LogP contribution in [0.2, 0.25) is 0 Å². The molecule has 0 heterocycles. The van der Waals surface area contributed by atoms with E-state index in [4.69, 9.17) is 5.73 Å². The van der Waals surface area contributed by atoms with E-state index in [0.717, 1.165) is 6.42 Å². The van der Waals surface area contributed by atoms with Gasteiger partial charge in [0.1, 0.15) is 0 Å². The zero-order valence-electron chi connectivity index (χ0n) is 9.25. The topological polar surface area (TPSA) is 26.0 Å². The van der Waals surface area contributed by atoms with Gasteiger partial charge in [0.25, 0.3) is 0 Å². The van der Waals surface area contributed by atoms with E-state index in [9.17, 15) is 0 Å². The van der Waals surface area contributed by atoms with Gasteiger partial charge < -0.3 is 5.73 Å². The van der Waals surface area contributed by atoms with Gasteiger partial charge in [-0.3, -0.25) is 0 Å². The molecule has 1 fully saturated rings. The van der Waals surface area contributed by atoms with Gasteiger partial charge in [0.15, 0.2) is 0 Å². The Balaban J connectivity index is 2.22. The van der Waals surface area contributed by atoms with Crippen LogP contribution in [0.4, 0.5) is 0 Å². The van der Waals surface area contributed by atoms with Crippen molar-refractivity contribution in [3.63, 3.8) is 0 Å². The van der Waals surface area contributed by atoms with Crippen molar-refractivity contribution in [2.75, 3.05) is 0 Å². The molecule has 1 aliphatic rings. The van der Waals surface area contributed by atoms with E-state index in [0.29, 0.717) is 11.3 Å². The average molecular weight is 215 g/mol. The van der Waals surface area contributed by atoms with Gasteiger partial charge in [-0.2, -0.15) is 12.6 Å². The molecule has 2 unspecified atom stereocenters. The molecular formula is C12H25NS. The van der Waals surface area contributed by atoms with Gasteiger partial charge in [0.2, 0.25) is 0 Å². The molecule has 0 amide bonds. The van der Waals surface area contributed by atoms with Gasteiger partial charge in [-0.1, -0.05) is 44.9 Å². The van der Waals surface area contributed by atoms with E-state index in [2.05, 4.69) is 12.6 Å². The summed E-state index contributed by atoms with van der Waals surface area (Å²) in [6.07, 6.45) is 13.3. The first-order chi connectivity index (χ1) is 6.79. The van der Waals surface area contributed by atoms with Crippen LogP contribution in [-0.4, -0.2) is 11.3 Å². The average Bonchev–Trinajstić information content (AvgIpc) is 2.13. The first-order valence-corrected chi connectivity index (χ1v) is 6.74. The van der Waals surface area contributed by atoms with Gasteiger partial charge in [-0.15, -0.1) is 0 Å². The van der Waals surface area contributed by atoms with Crippen LogP contribution in [0.1, 0.15) is 64.2 Å². The molecule has 0 aliphatic heterocycles. The molecule has 0 aromatic rings. The molecule has 1 aliphatic carbocycles. The molecule has 0 saturated heterocycles. The summed E-state index contributed by atoms with van der Waals surface area (Å²) in [5.74, 6) is 0. The van der Waals surface area contributed by atoms with Gasteiger partial charge in [-0.25, -0.2) is 0 Å². The van der Waals surface area contributed by atoms with Gasteiger partial charge >= 0.3 is 0 Å². The maximum absolute atomic E-state index is 6.06. The summed E-state index contributed by atoms with van der Waals surface area (Å²) in [6, 6.07) is 0.400. The van der Waals surface area contributed by atoms with Crippen molar-refractivity contribution in [1.29, 1.82) is 0 Å². The summed E-state index contributed by atoms with van der Waals surface area (Å²) >= 11 is 4.60. The molecule has 1 rings (SSSR count). The second-order valence-corrected chi connectivity index (χ2v) is 5.43. The van der Waals surface area contributed by atoms with Crippen molar-refractivity contribution >= 4 is 12.6 Å². The third-order valence-corrected chi connectivity index (χ3v) is 3.66. The standard InChI is InChI=1S/C12H25NS/c13-11-8-6-4-2-1-3-5-7-9-12(14)10-11/h11-12,14H,1-10,13H2. The summed E-state index contributed by atoms with van der Waals surface area (Å²) in [5, 5.41) is 0.546. The van der Waals surface area contributed by atoms with Crippen molar-refractivity contribution in [3.05, 3.63) is 0 Å². The maximum Gasteiger partial charge on any atom is 0.00492 e. The summed E-state index contributed by atoms with van der Waals surface area (Å²) < 4.78 is 0. The lowest BCUT2D eigenvalue weighted by Crippen LogP contribution is -2.24. The Bertz CT molecular complexity index is 124. The van der Waals surface area contributed by atoms with Crippen LogP contribution >= 0.6 is 12.6 Å². The highest BCUT2D eigenvalue weighted by atomic mass is 32.1. The molecule has 2 atom stereocenters. The van der Waals surface area contributed by atoms with Crippen LogP contribution in [-0.2, 0) is 0 Å². The molecule has 0 aromatic carbocycles. The summed E-state index contributed by atoms with van der Waals surface area (Å²) in [5.41, 5.74) is 6.06. The van der Waals surface area contributed by atoms with Crippen LogP contribution in [0.15, 0.2) is 0 Å². The monoisotopic (exact) mass is 215 g/mol. The Kier molecular flexibility index (Phi) is 6.70. The molecule has 0 bridgehead atoms. The molecular weight excluding hydrogens is 190 g/mol. The number of hydrogen-bond acceptors (Lipinski definition) is 2. The number of hydrogen-bond donors (Lipinski definition) is 2. The highest BCUT2D eigenvalue weighted by Crippen LogP contribution is 2.19. The molecule has 0 aromatic heterocycles. The van der Waals surface area contributed by atoms with Crippen molar-refractivity contribution in [2.45, 2.75) is 75.5 Å². The second kappa shape index (κ2) is 7.58. The Morgan fingerprint density at radius 3 is 1.93 bits per heavy atom. The summed E-state index contributed by atoms with van der Waals surface area (Å²) in [4.78, 5) is 0. The third kappa shape index (κ3) is 5.92. The van der Waals surface area contributed by atoms with Crippen LogP contribution in [0.3, 0.4) is 0 Å². The lowest BCUT2D eigenvalue weighted by Gasteiger charge is -2.17. The fourth-order valence-corrected chi connectivity index (χ4v) is 2.71. The van der Waals surface area contributed by atoms with Gasteiger partial charge in [0.05, 0.1) is 0 Å². The smallest absolute Gasteiger partial charge is 0.00492 e. The quantitative estimate of drug-likeness (QED) is 0.594. The van der Waals surface area contributed by atoms with Crippen molar-refractivity contribution < 1.29 is 0 Å². The third-order valence-electron chi connectivity index (χ3n) is 3.19. The number of nitrogens with two attached hydrogens (primary N) is 1. The summed E-state index contributed by atoms with van der Waals surface area (Å²) in [6.45, 7) is 0. The minimum Gasteiger partial charge on any atom is -0.328 e. The van der Waals surface area contributed by atoms with E-state index in [-0.39, 0.29) is 0 Å². The van der Waals surface area contributed by atoms with Crippen LogP contribution in [0.5, 0.6) is 0 Å². The van der Waals surface area contributed by atoms with E-state index in [1.807, 2.05) is 0 Å². The molecule has 1 nitrogen and oxygen atoms in total. The lowest BCUT2D eigenvalue weighted by atomic mass is 9.98. The molecule has 14 heavy (non-hydrogen) atoms. The van der Waals surface area contributed by atoms with Crippen LogP contribution < -0.4 is 5.73 Å². The minimum absolute atomic E-state index is 0.400. The molecule has 84 valence electrons. The lowest BCUT2D eigenvalue weighted by molar-refractivity contribution is 0.472. The zero-order valence-corrected chi connectivity index (χ0v) is 10.1. The molecule has 1 saturated carbocycles. The van der Waals surface area contributed by atoms with Crippen molar-refractivity contribution in [2.24, 2.45) is 5.73 Å². The predicted octanol–water partition coefficient (Wildman–Crippen LogP) is 3.53. The molecule has 2 N–H and O–H groups in total. The van der Waals surface area contributed by atoms with E-state index < -0.39 is 0 Å². The fraction of sp³-hybridized carbons (Fsp3) is 1.00. The first kappa shape index (κ1) is 12.4. The Morgan fingerprint density at radius 1 is 0.786 bits per heavy atom. The molecule has 0 spiro atoms. The highest BCUT2D eigenvalue weighted by molar-refractivity contribution is 7.80. The van der Waals surface area contributed by atoms with E-state index >= 15 is 0 Å². The van der Waals surface area contributed by atoms with Crippen molar-refractivity contribution in [1.82, 2.24) is 0 Å². The fourth-order valence-electron chi connectivity index (χ4n) is 2.26. The minimum atomic E-state index is 0.400. The Hall–Kier alpha value is 0.310. The second-order valence-electron chi connectivity index (χ2n) is 4.70. The first-order valence-electron chi connectivity index (χ1n) is 6.22.